The van der Waals surface area contributed by atoms with Gasteiger partial charge in [-0.1, -0.05) is 17.7 Å². The molecule has 0 aliphatic rings. The summed E-state index contributed by atoms with van der Waals surface area (Å²) in [5, 5.41) is 4.02. The molecule has 1 aromatic carbocycles. The van der Waals surface area contributed by atoms with Crippen molar-refractivity contribution in [1.82, 2.24) is 10.3 Å². The molecule has 0 atom stereocenters. The molecular formula is C15H18N2OS. The molecule has 2 aromatic rings. The molecule has 0 aliphatic heterocycles. The van der Waals surface area contributed by atoms with Gasteiger partial charge in [0.05, 0.1) is 15.2 Å². The third-order valence-electron chi connectivity index (χ3n) is 2.62. The molecule has 1 heterocycles. The van der Waals surface area contributed by atoms with E-state index in [2.05, 4.69) is 16.4 Å². The Labute approximate surface area is 117 Å². The van der Waals surface area contributed by atoms with Crippen LogP contribution >= 0.6 is 11.3 Å². The molecule has 4 heteroatoms. The van der Waals surface area contributed by atoms with Crippen molar-refractivity contribution < 1.29 is 4.79 Å². The number of allylic oxidation sites excluding steroid dienone is 1. The first-order chi connectivity index (χ1) is 9.15. The number of fused-ring (bicyclic) bond motifs is 1. The Bertz CT molecular complexity index is 564. The molecule has 3 nitrogen and oxygen atoms in total. The molecule has 0 saturated carbocycles. The van der Waals surface area contributed by atoms with Gasteiger partial charge in [-0.2, -0.15) is 0 Å². The van der Waals surface area contributed by atoms with Crippen molar-refractivity contribution in [2.24, 2.45) is 0 Å². The molecule has 0 fully saturated rings. The predicted molar refractivity (Wildman–Crippen MR) is 80.4 cm³/mol. The van der Waals surface area contributed by atoms with Crippen LogP contribution in [0.3, 0.4) is 0 Å². The van der Waals surface area contributed by atoms with Crippen molar-refractivity contribution in [3.63, 3.8) is 0 Å². The number of nitrogens with zero attached hydrogens (tertiary/aromatic N) is 1. The van der Waals surface area contributed by atoms with E-state index < -0.39 is 0 Å². The molecule has 0 saturated heterocycles. The molecular weight excluding hydrogens is 256 g/mol. The largest absolute Gasteiger partial charge is 0.353 e. The summed E-state index contributed by atoms with van der Waals surface area (Å²) in [6.45, 7) is 4.53. The predicted octanol–water partition coefficient (Wildman–Crippen LogP) is 3.31. The Morgan fingerprint density at radius 1 is 1.37 bits per heavy atom. The Kier molecular flexibility index (Phi) is 4.68. The number of amides is 1. The number of aromatic nitrogens is 1. The fourth-order valence-electron chi connectivity index (χ4n) is 1.79. The van der Waals surface area contributed by atoms with Gasteiger partial charge in [0, 0.05) is 19.0 Å². The van der Waals surface area contributed by atoms with Gasteiger partial charge >= 0.3 is 0 Å². The van der Waals surface area contributed by atoms with Crippen molar-refractivity contribution in [2.75, 3.05) is 6.54 Å². The minimum absolute atomic E-state index is 0.00991. The SMILES string of the molecule is CC(C)=CC(=O)NCCCc1nc2ccccc2s1. The zero-order chi connectivity index (χ0) is 13.7. The molecule has 0 bridgehead atoms. The molecule has 100 valence electrons. The molecule has 1 N–H and O–H groups in total. The van der Waals surface area contributed by atoms with Crippen molar-refractivity contribution in [3.8, 4) is 0 Å². The average Bonchev–Trinajstić information content (AvgIpc) is 2.76. The summed E-state index contributed by atoms with van der Waals surface area (Å²) in [5.74, 6) is -0.00991. The van der Waals surface area contributed by atoms with Gasteiger partial charge in [0.1, 0.15) is 0 Å². The van der Waals surface area contributed by atoms with Crippen LogP contribution in [0.5, 0.6) is 0 Å². The van der Waals surface area contributed by atoms with E-state index in [0.29, 0.717) is 6.54 Å². The summed E-state index contributed by atoms with van der Waals surface area (Å²) in [5.41, 5.74) is 2.08. The Balaban J connectivity index is 1.80. The molecule has 19 heavy (non-hydrogen) atoms. The first kappa shape index (κ1) is 13.7. The van der Waals surface area contributed by atoms with E-state index in [0.717, 1.165) is 28.9 Å². The number of carbonyl (C=O) groups is 1. The highest BCUT2D eigenvalue weighted by Crippen LogP contribution is 2.22. The first-order valence-corrected chi connectivity index (χ1v) is 7.24. The molecule has 0 unspecified atom stereocenters. The van der Waals surface area contributed by atoms with Gasteiger partial charge in [-0.3, -0.25) is 4.79 Å². The second-order valence-electron chi connectivity index (χ2n) is 4.69. The number of rotatable bonds is 5. The maximum Gasteiger partial charge on any atom is 0.243 e. The summed E-state index contributed by atoms with van der Waals surface area (Å²) in [7, 11) is 0. The minimum atomic E-state index is -0.00991. The van der Waals surface area contributed by atoms with Gasteiger partial charge < -0.3 is 5.32 Å². The Hall–Kier alpha value is -1.68. The van der Waals surface area contributed by atoms with E-state index in [9.17, 15) is 4.79 Å². The molecule has 1 aromatic heterocycles. The van der Waals surface area contributed by atoms with Crippen molar-refractivity contribution in [3.05, 3.63) is 40.9 Å². The molecule has 0 radical (unpaired) electrons. The number of aryl methyl sites for hydroxylation is 1. The summed E-state index contributed by atoms with van der Waals surface area (Å²) < 4.78 is 1.23. The van der Waals surface area contributed by atoms with Crippen LogP contribution in [0.1, 0.15) is 25.3 Å². The number of hydrogen-bond acceptors (Lipinski definition) is 3. The number of thiazole rings is 1. The van der Waals surface area contributed by atoms with E-state index in [1.165, 1.54) is 4.70 Å². The lowest BCUT2D eigenvalue weighted by Gasteiger charge is -2.00. The van der Waals surface area contributed by atoms with Crippen LogP contribution in [0.25, 0.3) is 10.2 Å². The summed E-state index contributed by atoms with van der Waals surface area (Å²) in [6.07, 6.45) is 3.45. The lowest BCUT2D eigenvalue weighted by atomic mass is 10.3. The number of carbonyl (C=O) groups excluding carboxylic acids is 1. The van der Waals surface area contributed by atoms with E-state index in [1.54, 1.807) is 17.4 Å². The highest BCUT2D eigenvalue weighted by Gasteiger charge is 2.03. The average molecular weight is 274 g/mol. The zero-order valence-corrected chi connectivity index (χ0v) is 12.1. The lowest BCUT2D eigenvalue weighted by molar-refractivity contribution is -0.116. The van der Waals surface area contributed by atoms with Gasteiger partial charge in [0.2, 0.25) is 5.91 Å². The van der Waals surface area contributed by atoms with E-state index in [1.807, 2.05) is 32.0 Å². The van der Waals surface area contributed by atoms with Crippen LogP contribution in [0.2, 0.25) is 0 Å². The normalized spacial score (nSPS) is 10.4. The summed E-state index contributed by atoms with van der Waals surface area (Å²) >= 11 is 1.73. The van der Waals surface area contributed by atoms with Gasteiger partial charge in [-0.05, 0) is 32.4 Å². The Morgan fingerprint density at radius 3 is 2.89 bits per heavy atom. The maximum atomic E-state index is 11.4. The second-order valence-corrected chi connectivity index (χ2v) is 5.81. The molecule has 0 aliphatic carbocycles. The Morgan fingerprint density at radius 2 is 2.16 bits per heavy atom. The molecule has 1 amide bonds. The van der Waals surface area contributed by atoms with Crippen LogP contribution in [-0.2, 0) is 11.2 Å². The van der Waals surface area contributed by atoms with Crippen LogP contribution in [0.15, 0.2) is 35.9 Å². The van der Waals surface area contributed by atoms with Crippen molar-refractivity contribution in [2.45, 2.75) is 26.7 Å². The summed E-state index contributed by atoms with van der Waals surface area (Å²) in [4.78, 5) is 16.0. The second kappa shape index (κ2) is 6.48. The van der Waals surface area contributed by atoms with Crippen LogP contribution < -0.4 is 5.32 Å². The first-order valence-electron chi connectivity index (χ1n) is 6.42. The topological polar surface area (TPSA) is 42.0 Å². The van der Waals surface area contributed by atoms with Gasteiger partial charge in [-0.15, -0.1) is 11.3 Å². The van der Waals surface area contributed by atoms with Crippen LogP contribution in [0, 0.1) is 0 Å². The minimum Gasteiger partial charge on any atom is -0.353 e. The fraction of sp³-hybridized carbons (Fsp3) is 0.333. The fourth-order valence-corrected chi connectivity index (χ4v) is 2.80. The number of nitrogens with one attached hydrogen (secondary N) is 1. The van der Waals surface area contributed by atoms with E-state index >= 15 is 0 Å². The third kappa shape index (κ3) is 4.17. The number of hydrogen-bond donors (Lipinski definition) is 1. The monoisotopic (exact) mass is 274 g/mol. The van der Waals surface area contributed by atoms with Crippen LogP contribution in [-0.4, -0.2) is 17.4 Å². The quantitative estimate of drug-likeness (QED) is 0.671. The lowest BCUT2D eigenvalue weighted by Crippen LogP contribution is -2.22. The molecule has 2 rings (SSSR count). The molecule has 0 spiro atoms. The number of para-hydroxylation sites is 1. The van der Waals surface area contributed by atoms with Gasteiger partial charge in [0.15, 0.2) is 0 Å². The van der Waals surface area contributed by atoms with Gasteiger partial charge in [0.25, 0.3) is 0 Å². The number of benzene rings is 1. The van der Waals surface area contributed by atoms with E-state index in [4.69, 9.17) is 0 Å². The van der Waals surface area contributed by atoms with E-state index in [-0.39, 0.29) is 5.91 Å². The smallest absolute Gasteiger partial charge is 0.243 e. The highest BCUT2D eigenvalue weighted by atomic mass is 32.1. The summed E-state index contributed by atoms with van der Waals surface area (Å²) in [6, 6.07) is 8.16. The zero-order valence-electron chi connectivity index (χ0n) is 11.3. The highest BCUT2D eigenvalue weighted by molar-refractivity contribution is 7.18. The van der Waals surface area contributed by atoms with Gasteiger partial charge in [-0.25, -0.2) is 4.98 Å². The van der Waals surface area contributed by atoms with Crippen molar-refractivity contribution >= 4 is 27.5 Å². The standard InChI is InChI=1S/C15H18N2OS/c1-11(2)10-14(18)16-9-5-8-15-17-12-6-3-4-7-13(12)19-15/h3-4,6-7,10H,5,8-9H2,1-2H3,(H,16,18). The third-order valence-corrected chi connectivity index (χ3v) is 3.72. The van der Waals surface area contributed by atoms with Crippen molar-refractivity contribution in [1.29, 1.82) is 0 Å². The maximum absolute atomic E-state index is 11.4. The van der Waals surface area contributed by atoms with Crippen LogP contribution in [0.4, 0.5) is 0 Å².